The molecule has 0 aromatic heterocycles. The Hall–Kier alpha value is -1.02. The number of rotatable bonds is 4. The van der Waals surface area contributed by atoms with E-state index >= 15 is 0 Å². The van der Waals surface area contributed by atoms with Crippen LogP contribution in [0.2, 0.25) is 0 Å². The van der Waals surface area contributed by atoms with Crippen LogP contribution < -0.4 is 10.2 Å². The van der Waals surface area contributed by atoms with Crippen molar-refractivity contribution in [1.82, 2.24) is 5.32 Å². The highest BCUT2D eigenvalue weighted by atomic mass is 15.2. The van der Waals surface area contributed by atoms with Gasteiger partial charge in [0.15, 0.2) is 0 Å². The summed E-state index contributed by atoms with van der Waals surface area (Å²) in [7, 11) is 2.02. The molecule has 1 unspecified atom stereocenters. The molecule has 2 nitrogen and oxygen atoms in total. The summed E-state index contributed by atoms with van der Waals surface area (Å²) in [5.41, 5.74) is 2.83. The summed E-state index contributed by atoms with van der Waals surface area (Å²) in [6.07, 6.45) is 1.31. The molecule has 2 heteroatoms. The van der Waals surface area contributed by atoms with Crippen molar-refractivity contribution < 1.29 is 0 Å². The summed E-state index contributed by atoms with van der Waals surface area (Å²) >= 11 is 0. The predicted molar refractivity (Wildman–Crippen MR) is 69.9 cm³/mol. The second-order valence-electron chi connectivity index (χ2n) is 4.75. The van der Waals surface area contributed by atoms with E-state index in [-0.39, 0.29) is 0 Å². The molecule has 0 spiro atoms. The lowest BCUT2D eigenvalue weighted by atomic mass is 9.94. The summed E-state index contributed by atoms with van der Waals surface area (Å²) in [6.45, 7) is 6.95. The topological polar surface area (TPSA) is 15.3 Å². The molecule has 0 amide bonds. The van der Waals surface area contributed by atoms with Gasteiger partial charge in [0, 0.05) is 24.8 Å². The number of hydrogen-bond acceptors (Lipinski definition) is 2. The van der Waals surface area contributed by atoms with E-state index in [1.165, 1.54) is 30.8 Å². The molecule has 1 aromatic rings. The monoisotopic (exact) mass is 218 g/mol. The fourth-order valence-electron chi connectivity index (χ4n) is 2.32. The molecule has 1 fully saturated rings. The highest BCUT2D eigenvalue weighted by molar-refractivity contribution is 5.56. The maximum absolute atomic E-state index is 3.32. The van der Waals surface area contributed by atoms with Gasteiger partial charge in [-0.3, -0.25) is 0 Å². The fourth-order valence-corrected chi connectivity index (χ4v) is 2.32. The normalized spacial score (nSPS) is 18.3. The Morgan fingerprint density at radius 3 is 2.69 bits per heavy atom. The number of nitrogens with one attached hydrogen (secondary N) is 1. The molecule has 1 atom stereocenters. The van der Waals surface area contributed by atoms with Crippen LogP contribution in [0.5, 0.6) is 0 Å². The highest BCUT2D eigenvalue weighted by Gasteiger charge is 2.27. The standard InChI is InChI=1S/C14H22N2/c1-4-12-9-16(10-12)14-8-6-5-7-13(14)11(2)15-3/h5-8,11-12,15H,4,9-10H2,1-3H3. The van der Waals surface area contributed by atoms with E-state index in [1.54, 1.807) is 0 Å². The molecular weight excluding hydrogens is 196 g/mol. The van der Waals surface area contributed by atoms with Crippen LogP contribution in [0.25, 0.3) is 0 Å². The van der Waals surface area contributed by atoms with E-state index in [9.17, 15) is 0 Å². The Morgan fingerprint density at radius 1 is 1.38 bits per heavy atom. The van der Waals surface area contributed by atoms with E-state index in [4.69, 9.17) is 0 Å². The SMILES string of the molecule is CCC1CN(c2ccccc2C(C)NC)C1. The molecule has 1 aliphatic heterocycles. The van der Waals surface area contributed by atoms with E-state index < -0.39 is 0 Å². The van der Waals surface area contributed by atoms with Crippen LogP contribution in [0.3, 0.4) is 0 Å². The van der Waals surface area contributed by atoms with Gasteiger partial charge in [-0.1, -0.05) is 25.1 Å². The fraction of sp³-hybridized carbons (Fsp3) is 0.571. The number of anilines is 1. The van der Waals surface area contributed by atoms with Gasteiger partial charge in [0.2, 0.25) is 0 Å². The van der Waals surface area contributed by atoms with Gasteiger partial charge in [0.05, 0.1) is 0 Å². The van der Waals surface area contributed by atoms with Crippen molar-refractivity contribution in [3.8, 4) is 0 Å². The summed E-state index contributed by atoms with van der Waals surface area (Å²) in [4.78, 5) is 2.50. The lowest BCUT2D eigenvalue weighted by Crippen LogP contribution is -2.47. The highest BCUT2D eigenvalue weighted by Crippen LogP contribution is 2.32. The number of nitrogens with zero attached hydrogens (tertiary/aromatic N) is 1. The van der Waals surface area contributed by atoms with Crippen LogP contribution in [0.1, 0.15) is 31.9 Å². The average molecular weight is 218 g/mol. The minimum Gasteiger partial charge on any atom is -0.371 e. The molecule has 0 radical (unpaired) electrons. The summed E-state index contributed by atoms with van der Waals surface area (Å²) in [6, 6.07) is 9.17. The zero-order chi connectivity index (χ0) is 11.5. The number of hydrogen-bond donors (Lipinski definition) is 1. The zero-order valence-electron chi connectivity index (χ0n) is 10.5. The predicted octanol–water partition coefficient (Wildman–Crippen LogP) is 2.81. The van der Waals surface area contributed by atoms with Crippen molar-refractivity contribution in [3.05, 3.63) is 29.8 Å². The van der Waals surface area contributed by atoms with E-state index in [1.807, 2.05) is 7.05 Å². The van der Waals surface area contributed by atoms with E-state index in [0.29, 0.717) is 6.04 Å². The van der Waals surface area contributed by atoms with Crippen molar-refractivity contribution >= 4 is 5.69 Å². The van der Waals surface area contributed by atoms with E-state index in [2.05, 4.69) is 48.3 Å². The molecule has 0 aliphatic carbocycles. The largest absolute Gasteiger partial charge is 0.371 e. The first-order valence-corrected chi connectivity index (χ1v) is 6.27. The number of benzene rings is 1. The zero-order valence-corrected chi connectivity index (χ0v) is 10.5. The molecule has 88 valence electrons. The van der Waals surface area contributed by atoms with Crippen LogP contribution in [-0.2, 0) is 0 Å². The van der Waals surface area contributed by atoms with Crippen LogP contribution in [-0.4, -0.2) is 20.1 Å². The van der Waals surface area contributed by atoms with Gasteiger partial charge < -0.3 is 10.2 Å². The third kappa shape index (κ3) is 2.07. The molecule has 1 N–H and O–H groups in total. The van der Waals surface area contributed by atoms with Gasteiger partial charge in [-0.05, 0) is 37.9 Å². The Kier molecular flexibility index (Phi) is 3.49. The summed E-state index contributed by atoms with van der Waals surface area (Å²) < 4.78 is 0. The Bertz CT molecular complexity index is 342. The molecular formula is C14H22N2. The minimum atomic E-state index is 0.428. The molecule has 1 aliphatic rings. The second kappa shape index (κ2) is 4.88. The molecule has 1 aromatic carbocycles. The maximum Gasteiger partial charge on any atom is 0.0414 e. The first kappa shape index (κ1) is 11.5. The molecule has 1 heterocycles. The van der Waals surface area contributed by atoms with Crippen molar-refractivity contribution in [2.24, 2.45) is 5.92 Å². The molecule has 0 bridgehead atoms. The van der Waals surface area contributed by atoms with Crippen molar-refractivity contribution in [2.75, 3.05) is 25.0 Å². The molecule has 2 rings (SSSR count). The Labute approximate surface area is 98.7 Å². The maximum atomic E-state index is 3.32. The van der Waals surface area contributed by atoms with E-state index in [0.717, 1.165) is 5.92 Å². The first-order valence-electron chi connectivity index (χ1n) is 6.27. The van der Waals surface area contributed by atoms with Crippen LogP contribution in [0, 0.1) is 5.92 Å². The lowest BCUT2D eigenvalue weighted by Gasteiger charge is -2.42. The van der Waals surface area contributed by atoms with Crippen LogP contribution in [0.15, 0.2) is 24.3 Å². The van der Waals surface area contributed by atoms with Gasteiger partial charge in [0.25, 0.3) is 0 Å². The molecule has 1 saturated heterocycles. The van der Waals surface area contributed by atoms with Gasteiger partial charge >= 0.3 is 0 Å². The van der Waals surface area contributed by atoms with Crippen LogP contribution >= 0.6 is 0 Å². The molecule has 16 heavy (non-hydrogen) atoms. The minimum absolute atomic E-state index is 0.428. The Balaban J connectivity index is 2.15. The summed E-state index contributed by atoms with van der Waals surface area (Å²) in [5.74, 6) is 0.901. The second-order valence-corrected chi connectivity index (χ2v) is 4.75. The lowest BCUT2D eigenvalue weighted by molar-refractivity contribution is 0.397. The number of para-hydroxylation sites is 1. The van der Waals surface area contributed by atoms with Crippen molar-refractivity contribution in [1.29, 1.82) is 0 Å². The van der Waals surface area contributed by atoms with Crippen LogP contribution in [0.4, 0.5) is 5.69 Å². The van der Waals surface area contributed by atoms with Crippen molar-refractivity contribution in [2.45, 2.75) is 26.3 Å². The van der Waals surface area contributed by atoms with Gasteiger partial charge in [-0.15, -0.1) is 0 Å². The van der Waals surface area contributed by atoms with Gasteiger partial charge in [-0.25, -0.2) is 0 Å². The summed E-state index contributed by atoms with van der Waals surface area (Å²) in [5, 5.41) is 3.32. The third-order valence-corrected chi connectivity index (χ3v) is 3.71. The van der Waals surface area contributed by atoms with Crippen molar-refractivity contribution in [3.63, 3.8) is 0 Å². The van der Waals surface area contributed by atoms with Gasteiger partial charge in [0.1, 0.15) is 0 Å². The quantitative estimate of drug-likeness (QED) is 0.836. The third-order valence-electron chi connectivity index (χ3n) is 3.71. The molecule has 0 saturated carbocycles. The Morgan fingerprint density at radius 2 is 2.06 bits per heavy atom. The first-order chi connectivity index (χ1) is 7.76. The van der Waals surface area contributed by atoms with Gasteiger partial charge in [-0.2, -0.15) is 0 Å². The average Bonchev–Trinajstić information content (AvgIpc) is 2.27. The smallest absolute Gasteiger partial charge is 0.0414 e.